The molecule has 12 heavy (non-hydrogen) atoms. The maximum atomic E-state index is 10.2. The zero-order valence-corrected chi connectivity index (χ0v) is 8.36. The third kappa shape index (κ3) is 3.03. The van der Waals surface area contributed by atoms with E-state index >= 15 is 0 Å². The monoisotopic (exact) mass is 231 g/mol. The number of pyridine rings is 1. The van der Waals surface area contributed by atoms with Gasteiger partial charge in [0, 0.05) is 0 Å². The number of carboxylic acids is 1. The van der Waals surface area contributed by atoms with Crippen molar-refractivity contribution in [1.29, 1.82) is 0 Å². The first-order valence-corrected chi connectivity index (χ1v) is 5.52. The summed E-state index contributed by atoms with van der Waals surface area (Å²) in [6.45, 7) is 1.96. The molecule has 0 aliphatic heterocycles. The van der Waals surface area contributed by atoms with Crippen molar-refractivity contribution in [2.75, 3.05) is 0 Å². The Balaban J connectivity index is 2.53. The van der Waals surface area contributed by atoms with Crippen molar-refractivity contribution in [3.05, 3.63) is 23.9 Å². The van der Waals surface area contributed by atoms with Crippen molar-refractivity contribution in [2.45, 2.75) is 12.2 Å². The minimum atomic E-state index is -0.752. The molecular weight excluding hydrogens is 221 g/mol. The van der Waals surface area contributed by atoms with E-state index in [0.29, 0.717) is 0 Å². The van der Waals surface area contributed by atoms with Gasteiger partial charge in [-0.05, 0) is 0 Å². The Morgan fingerprint density at radius 2 is 2.42 bits per heavy atom. The number of aryl methyl sites for hydroxylation is 1. The van der Waals surface area contributed by atoms with E-state index in [-0.39, 0.29) is 20.3 Å². The van der Waals surface area contributed by atoms with E-state index in [2.05, 4.69) is 4.98 Å². The molecule has 64 valence electrons. The quantitative estimate of drug-likeness (QED) is 0.756. The molecule has 0 aromatic carbocycles. The van der Waals surface area contributed by atoms with Crippen molar-refractivity contribution in [3.63, 3.8) is 0 Å². The third-order valence-electron chi connectivity index (χ3n) is 1.23. The number of hydrogen-bond donors (Lipinski definition) is 1. The van der Waals surface area contributed by atoms with Gasteiger partial charge < -0.3 is 0 Å². The predicted octanol–water partition coefficient (Wildman–Crippen LogP) is 0.222. The SMILES string of the molecule is Cc1ccc([Se]CC(=O)O)nc1. The van der Waals surface area contributed by atoms with Crippen LogP contribution in [0.25, 0.3) is 0 Å². The third-order valence-corrected chi connectivity index (χ3v) is 3.18. The standard InChI is InChI=1S/C8H9NO2Se/c1-6-2-3-7(9-4-6)12-5-8(10)11/h2-4H,5H2,1H3,(H,10,11). The topological polar surface area (TPSA) is 50.2 Å². The Morgan fingerprint density at radius 3 is 2.92 bits per heavy atom. The summed E-state index contributed by atoms with van der Waals surface area (Å²) in [7, 11) is 0. The summed E-state index contributed by atoms with van der Waals surface area (Å²) < 4.78 is 0.899. The average Bonchev–Trinajstić information content (AvgIpc) is 2.03. The van der Waals surface area contributed by atoms with Crippen molar-refractivity contribution < 1.29 is 9.90 Å². The first kappa shape index (κ1) is 9.23. The molecule has 0 unspecified atom stereocenters. The van der Waals surface area contributed by atoms with Gasteiger partial charge in [-0.25, -0.2) is 0 Å². The summed E-state index contributed by atoms with van der Waals surface area (Å²) in [5.41, 5.74) is 1.10. The van der Waals surface area contributed by atoms with E-state index in [4.69, 9.17) is 5.11 Å². The number of aliphatic carboxylic acids is 1. The summed E-state index contributed by atoms with van der Waals surface area (Å²) in [6, 6.07) is 3.84. The van der Waals surface area contributed by atoms with Gasteiger partial charge >= 0.3 is 76.5 Å². The van der Waals surface area contributed by atoms with Gasteiger partial charge in [0.2, 0.25) is 0 Å². The van der Waals surface area contributed by atoms with E-state index in [1.54, 1.807) is 6.20 Å². The predicted molar refractivity (Wildman–Crippen MR) is 46.8 cm³/mol. The van der Waals surface area contributed by atoms with E-state index in [9.17, 15) is 4.79 Å². The Bertz CT molecular complexity index is 271. The van der Waals surface area contributed by atoms with Gasteiger partial charge in [0.15, 0.2) is 0 Å². The van der Waals surface area contributed by atoms with E-state index in [0.717, 1.165) is 10.2 Å². The number of carbonyl (C=O) groups is 1. The Hall–Kier alpha value is -0.861. The number of aromatic nitrogens is 1. The molecule has 0 atom stereocenters. The zero-order valence-electron chi connectivity index (χ0n) is 6.65. The van der Waals surface area contributed by atoms with Crippen LogP contribution in [0.5, 0.6) is 0 Å². The molecule has 0 radical (unpaired) electrons. The fourth-order valence-electron chi connectivity index (χ4n) is 0.675. The molecule has 0 fully saturated rings. The molecule has 1 N–H and O–H groups in total. The second-order valence-corrected chi connectivity index (χ2v) is 4.45. The molecule has 0 aliphatic rings. The number of hydrogen-bond acceptors (Lipinski definition) is 2. The van der Waals surface area contributed by atoms with Crippen LogP contribution in [-0.4, -0.2) is 31.0 Å². The van der Waals surface area contributed by atoms with Gasteiger partial charge in [-0.2, -0.15) is 0 Å². The molecular formula is C8H9NO2Se. The molecule has 0 saturated carbocycles. The van der Waals surface area contributed by atoms with Crippen molar-refractivity contribution >= 4 is 25.5 Å². The fraction of sp³-hybridized carbons (Fsp3) is 0.250. The number of nitrogens with zero attached hydrogens (tertiary/aromatic N) is 1. The van der Waals surface area contributed by atoms with Gasteiger partial charge in [0.1, 0.15) is 0 Å². The second kappa shape index (κ2) is 4.24. The van der Waals surface area contributed by atoms with Crippen LogP contribution >= 0.6 is 0 Å². The molecule has 0 saturated heterocycles. The van der Waals surface area contributed by atoms with Crippen LogP contribution in [0, 0.1) is 6.92 Å². The summed E-state index contributed by atoms with van der Waals surface area (Å²) in [6.07, 6.45) is 1.76. The minimum absolute atomic E-state index is 0.0282. The summed E-state index contributed by atoms with van der Waals surface area (Å²) in [5, 5.41) is 8.63. The molecule has 0 bridgehead atoms. The van der Waals surface area contributed by atoms with Crippen LogP contribution in [-0.2, 0) is 4.79 Å². The van der Waals surface area contributed by atoms with Gasteiger partial charge in [0.25, 0.3) is 0 Å². The maximum absolute atomic E-state index is 10.2. The number of carboxylic acid groups (broad SMARTS) is 1. The summed E-state index contributed by atoms with van der Waals surface area (Å²) >= 11 is -0.0282. The van der Waals surface area contributed by atoms with Crippen molar-refractivity contribution in [1.82, 2.24) is 4.98 Å². The summed E-state index contributed by atoms with van der Waals surface area (Å²) in [4.78, 5) is 14.3. The van der Waals surface area contributed by atoms with Gasteiger partial charge in [-0.1, -0.05) is 0 Å². The molecule has 3 nitrogen and oxygen atoms in total. The Kier molecular flexibility index (Phi) is 3.26. The van der Waals surface area contributed by atoms with Crippen molar-refractivity contribution in [2.24, 2.45) is 0 Å². The Labute approximate surface area is 77.0 Å². The van der Waals surface area contributed by atoms with Crippen LogP contribution in [0.3, 0.4) is 0 Å². The zero-order chi connectivity index (χ0) is 8.97. The normalized spacial score (nSPS) is 9.75. The molecule has 4 heteroatoms. The Morgan fingerprint density at radius 1 is 1.67 bits per heavy atom. The van der Waals surface area contributed by atoms with Crippen LogP contribution in [0.4, 0.5) is 0 Å². The van der Waals surface area contributed by atoms with Gasteiger partial charge in [-0.15, -0.1) is 0 Å². The molecule has 0 amide bonds. The fourth-order valence-corrected chi connectivity index (χ4v) is 1.86. The molecule has 0 aliphatic carbocycles. The molecule has 1 aromatic heterocycles. The van der Waals surface area contributed by atoms with E-state index in [1.807, 2.05) is 19.1 Å². The van der Waals surface area contributed by atoms with Crippen LogP contribution < -0.4 is 4.59 Å². The first-order valence-electron chi connectivity index (χ1n) is 3.46. The van der Waals surface area contributed by atoms with Gasteiger partial charge in [0.05, 0.1) is 0 Å². The van der Waals surface area contributed by atoms with E-state index < -0.39 is 5.97 Å². The molecule has 1 heterocycles. The second-order valence-electron chi connectivity index (χ2n) is 2.36. The molecule has 1 aromatic rings. The van der Waals surface area contributed by atoms with Crippen molar-refractivity contribution in [3.8, 4) is 0 Å². The van der Waals surface area contributed by atoms with Crippen LogP contribution in [0.15, 0.2) is 18.3 Å². The molecule has 0 spiro atoms. The number of rotatable bonds is 3. The average molecular weight is 230 g/mol. The van der Waals surface area contributed by atoms with Gasteiger partial charge in [-0.3, -0.25) is 0 Å². The van der Waals surface area contributed by atoms with E-state index in [1.165, 1.54) is 0 Å². The summed E-state index contributed by atoms with van der Waals surface area (Å²) in [5.74, 6) is -0.752. The van der Waals surface area contributed by atoms with Crippen LogP contribution in [0.2, 0.25) is 5.32 Å². The van der Waals surface area contributed by atoms with Crippen LogP contribution in [0.1, 0.15) is 5.56 Å². The first-order chi connectivity index (χ1) is 5.68. The molecule has 1 rings (SSSR count).